The number of likely N-dealkylation sites (tertiary alicyclic amines) is 2. The van der Waals surface area contributed by atoms with Gasteiger partial charge in [0, 0.05) is 49.5 Å². The number of carboxylic acid groups (broad SMARTS) is 1. The Balaban J connectivity index is 1.39. The number of carbonyl (C=O) groups is 2. The summed E-state index contributed by atoms with van der Waals surface area (Å²) in [4.78, 5) is 31.0. The maximum Gasteiger partial charge on any atom is 0.306 e. The molecule has 3 aliphatic rings. The minimum absolute atomic E-state index is 0.0697. The largest absolute Gasteiger partial charge is 0.481 e. The van der Waals surface area contributed by atoms with Gasteiger partial charge in [-0.25, -0.2) is 4.39 Å². The highest BCUT2D eigenvalue weighted by Gasteiger charge is 2.37. The SMILES string of the molecule is CC(C)(C)N1CCC(C(=O)N2CCC(c3c(F)cccc3N3CCC(C(=O)O)CC3)CC2)C1. The van der Waals surface area contributed by atoms with Gasteiger partial charge in [0.05, 0.1) is 11.8 Å². The summed E-state index contributed by atoms with van der Waals surface area (Å²) in [6.07, 6.45) is 3.62. The molecule has 1 atom stereocenters. The van der Waals surface area contributed by atoms with Crippen molar-refractivity contribution >= 4 is 17.6 Å². The van der Waals surface area contributed by atoms with Gasteiger partial charge in [0.25, 0.3) is 0 Å². The average Bonchev–Trinajstić information content (AvgIpc) is 3.30. The highest BCUT2D eigenvalue weighted by molar-refractivity contribution is 5.79. The quantitative estimate of drug-likeness (QED) is 0.739. The Morgan fingerprint density at radius 2 is 1.58 bits per heavy atom. The first-order chi connectivity index (χ1) is 15.6. The highest BCUT2D eigenvalue weighted by atomic mass is 19.1. The van der Waals surface area contributed by atoms with Gasteiger partial charge in [-0.3, -0.25) is 14.5 Å². The van der Waals surface area contributed by atoms with Crippen LogP contribution in [0, 0.1) is 17.7 Å². The maximum absolute atomic E-state index is 15.0. The van der Waals surface area contributed by atoms with Crippen molar-refractivity contribution < 1.29 is 19.1 Å². The molecule has 3 heterocycles. The molecule has 3 saturated heterocycles. The minimum Gasteiger partial charge on any atom is -0.481 e. The van der Waals surface area contributed by atoms with Crippen LogP contribution in [0.5, 0.6) is 0 Å². The number of aliphatic carboxylic acids is 1. The van der Waals surface area contributed by atoms with Crippen molar-refractivity contribution in [1.82, 2.24) is 9.80 Å². The number of hydrogen-bond donors (Lipinski definition) is 1. The van der Waals surface area contributed by atoms with Crippen molar-refractivity contribution in [3.05, 3.63) is 29.6 Å². The Hall–Kier alpha value is -2.15. The first kappa shape index (κ1) is 24.0. The number of carboxylic acids is 1. The molecule has 1 aromatic rings. The van der Waals surface area contributed by atoms with Crippen molar-refractivity contribution in [1.29, 1.82) is 0 Å². The molecule has 0 bridgehead atoms. The Kier molecular flexibility index (Phi) is 6.99. The molecular weight excluding hydrogens is 421 g/mol. The molecule has 7 heteroatoms. The zero-order chi connectivity index (χ0) is 23.8. The molecule has 1 unspecified atom stereocenters. The van der Waals surface area contributed by atoms with Crippen molar-refractivity contribution in [3.8, 4) is 0 Å². The first-order valence-corrected chi connectivity index (χ1v) is 12.4. The third kappa shape index (κ3) is 5.18. The molecule has 6 nitrogen and oxygen atoms in total. The van der Waals surface area contributed by atoms with E-state index < -0.39 is 5.97 Å². The van der Waals surface area contributed by atoms with E-state index in [0.717, 1.165) is 43.6 Å². The second-order valence-electron chi connectivity index (χ2n) is 11.0. The smallest absolute Gasteiger partial charge is 0.306 e. The molecule has 1 amide bonds. The number of nitrogens with zero attached hydrogens (tertiary/aromatic N) is 3. The fourth-order valence-electron chi connectivity index (χ4n) is 5.79. The summed E-state index contributed by atoms with van der Waals surface area (Å²) >= 11 is 0. The lowest BCUT2D eigenvalue weighted by molar-refractivity contribution is -0.142. The number of piperidine rings is 2. The van der Waals surface area contributed by atoms with E-state index in [9.17, 15) is 14.7 Å². The average molecular weight is 460 g/mol. The van der Waals surface area contributed by atoms with Gasteiger partial charge in [-0.15, -0.1) is 0 Å². The van der Waals surface area contributed by atoms with E-state index in [1.165, 1.54) is 6.07 Å². The van der Waals surface area contributed by atoms with Gasteiger partial charge in [-0.05, 0) is 77.5 Å². The Morgan fingerprint density at radius 3 is 2.15 bits per heavy atom. The lowest BCUT2D eigenvalue weighted by Crippen LogP contribution is -2.44. The summed E-state index contributed by atoms with van der Waals surface area (Å²) in [6.45, 7) is 11.0. The van der Waals surface area contributed by atoms with E-state index >= 15 is 4.39 Å². The summed E-state index contributed by atoms with van der Waals surface area (Å²) in [7, 11) is 0. The van der Waals surface area contributed by atoms with Gasteiger partial charge in [0.15, 0.2) is 0 Å². The van der Waals surface area contributed by atoms with Crippen LogP contribution in [-0.4, -0.2) is 71.6 Å². The molecule has 0 saturated carbocycles. The van der Waals surface area contributed by atoms with E-state index in [1.807, 2.05) is 11.0 Å². The fraction of sp³-hybridized carbons (Fsp3) is 0.692. The zero-order valence-corrected chi connectivity index (χ0v) is 20.2. The maximum atomic E-state index is 15.0. The third-order valence-corrected chi connectivity index (χ3v) is 7.92. The zero-order valence-electron chi connectivity index (χ0n) is 20.2. The number of rotatable bonds is 4. The van der Waals surface area contributed by atoms with Crippen LogP contribution in [0.15, 0.2) is 18.2 Å². The van der Waals surface area contributed by atoms with Crippen LogP contribution in [0.25, 0.3) is 0 Å². The molecule has 4 rings (SSSR count). The second kappa shape index (κ2) is 9.61. The van der Waals surface area contributed by atoms with E-state index in [-0.39, 0.29) is 35.0 Å². The standard InChI is InChI=1S/C26H38FN3O3/c1-26(2,3)30-16-11-20(17-30)24(31)29-14-7-18(8-15-29)23-21(27)5-4-6-22(23)28-12-9-19(10-13-28)25(32)33/h4-6,18-20H,7-17H2,1-3H3,(H,32,33). The summed E-state index contributed by atoms with van der Waals surface area (Å²) in [6, 6.07) is 5.24. The Labute approximate surface area is 196 Å². The lowest BCUT2D eigenvalue weighted by Gasteiger charge is -2.38. The number of hydrogen-bond acceptors (Lipinski definition) is 4. The first-order valence-electron chi connectivity index (χ1n) is 12.4. The van der Waals surface area contributed by atoms with E-state index in [1.54, 1.807) is 6.07 Å². The molecule has 0 aliphatic carbocycles. The number of benzene rings is 1. The predicted octanol–water partition coefficient (Wildman–Crippen LogP) is 3.95. The van der Waals surface area contributed by atoms with Crippen molar-refractivity contribution in [2.24, 2.45) is 11.8 Å². The molecule has 0 aromatic heterocycles. The fourth-order valence-corrected chi connectivity index (χ4v) is 5.79. The normalized spacial score (nSPS) is 23.8. The molecule has 3 aliphatic heterocycles. The molecule has 0 spiro atoms. The van der Waals surface area contributed by atoms with Crippen LogP contribution in [0.2, 0.25) is 0 Å². The highest BCUT2D eigenvalue weighted by Crippen LogP contribution is 2.38. The van der Waals surface area contributed by atoms with Gasteiger partial charge in [0.1, 0.15) is 5.82 Å². The van der Waals surface area contributed by atoms with Crippen LogP contribution >= 0.6 is 0 Å². The van der Waals surface area contributed by atoms with Gasteiger partial charge < -0.3 is 14.9 Å². The number of anilines is 1. The number of amides is 1. The van der Waals surface area contributed by atoms with Crippen LogP contribution < -0.4 is 4.90 Å². The van der Waals surface area contributed by atoms with Gasteiger partial charge in [0.2, 0.25) is 5.91 Å². The van der Waals surface area contributed by atoms with E-state index in [2.05, 4.69) is 30.6 Å². The number of carbonyl (C=O) groups excluding carboxylic acids is 1. The molecule has 0 radical (unpaired) electrons. The van der Waals surface area contributed by atoms with Crippen LogP contribution in [0.4, 0.5) is 10.1 Å². The molecule has 3 fully saturated rings. The van der Waals surface area contributed by atoms with Crippen LogP contribution in [0.1, 0.15) is 64.4 Å². The molecule has 182 valence electrons. The molecular formula is C26H38FN3O3. The second-order valence-corrected chi connectivity index (χ2v) is 11.0. The molecule has 33 heavy (non-hydrogen) atoms. The van der Waals surface area contributed by atoms with Crippen molar-refractivity contribution in [2.75, 3.05) is 44.2 Å². The van der Waals surface area contributed by atoms with Gasteiger partial charge in [-0.2, -0.15) is 0 Å². The van der Waals surface area contributed by atoms with Gasteiger partial charge in [-0.1, -0.05) is 6.07 Å². The monoisotopic (exact) mass is 459 g/mol. The minimum atomic E-state index is -0.737. The van der Waals surface area contributed by atoms with E-state index in [4.69, 9.17) is 0 Å². The molecule has 1 aromatic carbocycles. The van der Waals surface area contributed by atoms with Crippen molar-refractivity contribution in [3.63, 3.8) is 0 Å². The lowest BCUT2D eigenvalue weighted by atomic mass is 9.86. The Bertz CT molecular complexity index is 868. The third-order valence-electron chi connectivity index (χ3n) is 7.92. The summed E-state index contributed by atoms with van der Waals surface area (Å²) in [5.41, 5.74) is 1.74. The number of halogens is 1. The van der Waals surface area contributed by atoms with Gasteiger partial charge >= 0.3 is 5.97 Å². The predicted molar refractivity (Wildman–Crippen MR) is 127 cm³/mol. The summed E-state index contributed by atoms with van der Waals surface area (Å²) in [5.74, 6) is -0.826. The van der Waals surface area contributed by atoms with Crippen molar-refractivity contribution in [2.45, 2.75) is 64.3 Å². The summed E-state index contributed by atoms with van der Waals surface area (Å²) in [5, 5.41) is 9.29. The van der Waals surface area contributed by atoms with Crippen LogP contribution in [0.3, 0.4) is 0 Å². The molecule has 1 N–H and O–H groups in total. The Morgan fingerprint density at radius 1 is 0.939 bits per heavy atom. The van der Waals surface area contributed by atoms with Crippen LogP contribution in [-0.2, 0) is 9.59 Å². The topological polar surface area (TPSA) is 64.1 Å². The van der Waals surface area contributed by atoms with E-state index in [0.29, 0.717) is 39.0 Å². The summed E-state index contributed by atoms with van der Waals surface area (Å²) < 4.78 is 15.0.